The first kappa shape index (κ1) is 15.7. The van der Waals surface area contributed by atoms with Crippen LogP contribution >= 0.6 is 0 Å². The molecule has 0 saturated heterocycles. The molecule has 0 aliphatic rings. The van der Waals surface area contributed by atoms with Crippen molar-refractivity contribution in [3.05, 3.63) is 0 Å². The molecule has 0 radical (unpaired) electrons. The average molecular weight is 246 g/mol. The zero-order valence-corrected chi connectivity index (χ0v) is 10.6. The van der Waals surface area contributed by atoms with Crippen molar-refractivity contribution in [2.24, 2.45) is 5.92 Å². The summed E-state index contributed by atoms with van der Waals surface area (Å²) >= 11 is 0. The second kappa shape index (κ2) is 7.89. The first-order valence-corrected chi connectivity index (χ1v) is 5.86. The Morgan fingerprint density at radius 3 is 2.29 bits per heavy atom. The molecular formula is C11H22N2O4. The zero-order valence-electron chi connectivity index (χ0n) is 10.6. The van der Waals surface area contributed by atoms with Gasteiger partial charge in [0.2, 0.25) is 0 Å². The van der Waals surface area contributed by atoms with E-state index in [2.05, 4.69) is 5.32 Å². The summed E-state index contributed by atoms with van der Waals surface area (Å²) in [5.74, 6) is -1.17. The monoisotopic (exact) mass is 246 g/mol. The van der Waals surface area contributed by atoms with Gasteiger partial charge in [-0.1, -0.05) is 20.3 Å². The molecule has 0 spiro atoms. The molecule has 6 heteroatoms. The van der Waals surface area contributed by atoms with Gasteiger partial charge in [0.05, 0.1) is 6.61 Å². The SMILES string of the molecule is CC[C@H](C)[C@H](NC(=O)N(CC)CCO)C(=O)O. The molecule has 3 N–H and O–H groups in total. The largest absolute Gasteiger partial charge is 0.480 e. The third kappa shape index (κ3) is 5.04. The summed E-state index contributed by atoms with van der Waals surface area (Å²) in [6, 6.07) is -1.34. The standard InChI is InChI=1S/C11H22N2O4/c1-4-8(3)9(10(15)16)12-11(17)13(5-2)6-7-14/h8-9,14H,4-7H2,1-3H3,(H,12,17)(H,15,16)/t8-,9-/m0/s1. The number of aliphatic hydroxyl groups excluding tert-OH is 1. The molecular weight excluding hydrogens is 224 g/mol. The van der Waals surface area contributed by atoms with Gasteiger partial charge in [0.25, 0.3) is 0 Å². The lowest BCUT2D eigenvalue weighted by molar-refractivity contribution is -0.140. The Morgan fingerprint density at radius 2 is 1.94 bits per heavy atom. The van der Waals surface area contributed by atoms with Gasteiger partial charge in [-0.3, -0.25) is 0 Å². The maximum Gasteiger partial charge on any atom is 0.326 e. The number of aliphatic carboxylic acids is 1. The topological polar surface area (TPSA) is 89.9 Å². The van der Waals surface area contributed by atoms with Crippen LogP contribution in [0.25, 0.3) is 0 Å². The highest BCUT2D eigenvalue weighted by molar-refractivity contribution is 5.82. The molecule has 2 atom stereocenters. The average Bonchev–Trinajstić information content (AvgIpc) is 2.31. The molecule has 2 amide bonds. The van der Waals surface area contributed by atoms with E-state index in [0.717, 1.165) is 0 Å². The predicted molar refractivity (Wildman–Crippen MR) is 63.7 cm³/mol. The Balaban J connectivity index is 4.53. The van der Waals surface area contributed by atoms with E-state index in [4.69, 9.17) is 10.2 Å². The van der Waals surface area contributed by atoms with Gasteiger partial charge in [-0.2, -0.15) is 0 Å². The highest BCUT2D eigenvalue weighted by Crippen LogP contribution is 2.08. The number of rotatable bonds is 7. The summed E-state index contributed by atoms with van der Waals surface area (Å²) in [4.78, 5) is 24.1. The molecule has 17 heavy (non-hydrogen) atoms. The van der Waals surface area contributed by atoms with Gasteiger partial charge in [0.1, 0.15) is 6.04 Å². The molecule has 0 fully saturated rings. The molecule has 0 aromatic carbocycles. The molecule has 0 unspecified atom stereocenters. The second-order valence-corrected chi connectivity index (χ2v) is 3.95. The second-order valence-electron chi connectivity index (χ2n) is 3.95. The number of hydrogen-bond donors (Lipinski definition) is 3. The lowest BCUT2D eigenvalue weighted by Gasteiger charge is -2.25. The predicted octanol–water partition coefficient (Wildman–Crippen LogP) is 0.509. The number of carboxylic acids is 1. The Bertz CT molecular complexity index is 258. The first-order chi connectivity index (χ1) is 7.97. The van der Waals surface area contributed by atoms with E-state index in [9.17, 15) is 9.59 Å². The number of likely N-dealkylation sites (N-methyl/N-ethyl adjacent to an activating group) is 1. The maximum absolute atomic E-state index is 11.7. The van der Waals surface area contributed by atoms with E-state index < -0.39 is 18.0 Å². The molecule has 0 heterocycles. The number of hydrogen-bond acceptors (Lipinski definition) is 3. The molecule has 0 bridgehead atoms. The summed E-state index contributed by atoms with van der Waals surface area (Å²) in [6.45, 7) is 5.92. The molecule has 0 saturated carbocycles. The highest BCUT2D eigenvalue weighted by atomic mass is 16.4. The van der Waals surface area contributed by atoms with Gasteiger partial charge in [0.15, 0.2) is 0 Å². The lowest BCUT2D eigenvalue weighted by atomic mass is 9.99. The van der Waals surface area contributed by atoms with Crippen LogP contribution in [0, 0.1) is 5.92 Å². The Morgan fingerprint density at radius 1 is 1.35 bits per heavy atom. The third-order valence-electron chi connectivity index (χ3n) is 2.80. The first-order valence-electron chi connectivity index (χ1n) is 5.86. The highest BCUT2D eigenvalue weighted by Gasteiger charge is 2.26. The van der Waals surface area contributed by atoms with Crippen molar-refractivity contribution in [2.75, 3.05) is 19.7 Å². The minimum Gasteiger partial charge on any atom is -0.480 e. The molecule has 0 aliphatic carbocycles. The van der Waals surface area contributed by atoms with Crippen molar-refractivity contribution in [3.63, 3.8) is 0 Å². The number of carbonyl (C=O) groups excluding carboxylic acids is 1. The molecule has 0 aromatic heterocycles. The molecule has 0 aromatic rings. The summed E-state index contributed by atoms with van der Waals surface area (Å²) in [6.07, 6.45) is 0.670. The van der Waals surface area contributed by atoms with Gasteiger partial charge < -0.3 is 20.4 Å². The van der Waals surface area contributed by atoms with Gasteiger partial charge in [-0.25, -0.2) is 9.59 Å². The quantitative estimate of drug-likeness (QED) is 0.610. The van der Waals surface area contributed by atoms with Crippen LogP contribution in [-0.4, -0.2) is 52.9 Å². The molecule has 0 aliphatic heterocycles. The minimum absolute atomic E-state index is 0.135. The Kier molecular flexibility index (Phi) is 7.29. The number of carbonyl (C=O) groups is 2. The summed E-state index contributed by atoms with van der Waals surface area (Å²) < 4.78 is 0. The van der Waals surface area contributed by atoms with Crippen LogP contribution in [-0.2, 0) is 4.79 Å². The van der Waals surface area contributed by atoms with Gasteiger partial charge in [0, 0.05) is 13.1 Å². The smallest absolute Gasteiger partial charge is 0.326 e. The molecule has 0 rings (SSSR count). The number of carboxylic acid groups (broad SMARTS) is 1. The third-order valence-corrected chi connectivity index (χ3v) is 2.80. The summed E-state index contributed by atoms with van der Waals surface area (Å²) in [5, 5.41) is 20.3. The van der Waals surface area contributed by atoms with Crippen LogP contribution in [0.4, 0.5) is 4.79 Å². The van der Waals surface area contributed by atoms with E-state index in [1.165, 1.54) is 4.90 Å². The van der Waals surface area contributed by atoms with Crippen LogP contribution in [0.2, 0.25) is 0 Å². The van der Waals surface area contributed by atoms with Crippen molar-refractivity contribution in [3.8, 4) is 0 Å². The zero-order chi connectivity index (χ0) is 13.4. The van der Waals surface area contributed by atoms with Crippen LogP contribution < -0.4 is 5.32 Å². The van der Waals surface area contributed by atoms with Crippen LogP contribution in [0.1, 0.15) is 27.2 Å². The van der Waals surface area contributed by atoms with Crippen molar-refractivity contribution in [2.45, 2.75) is 33.2 Å². The fourth-order valence-electron chi connectivity index (χ4n) is 1.43. The van der Waals surface area contributed by atoms with Crippen LogP contribution in [0.5, 0.6) is 0 Å². The van der Waals surface area contributed by atoms with Crippen LogP contribution in [0.15, 0.2) is 0 Å². The fourth-order valence-corrected chi connectivity index (χ4v) is 1.43. The normalized spacial score (nSPS) is 13.9. The summed E-state index contributed by atoms with van der Waals surface area (Å²) in [7, 11) is 0. The number of nitrogens with one attached hydrogen (secondary N) is 1. The van der Waals surface area contributed by atoms with Crippen molar-refractivity contribution in [1.29, 1.82) is 0 Å². The minimum atomic E-state index is -1.03. The van der Waals surface area contributed by atoms with E-state index in [0.29, 0.717) is 13.0 Å². The maximum atomic E-state index is 11.7. The van der Waals surface area contributed by atoms with Gasteiger partial charge in [-0.05, 0) is 12.8 Å². The Hall–Kier alpha value is -1.30. The van der Waals surface area contributed by atoms with Crippen molar-refractivity contribution >= 4 is 12.0 Å². The van der Waals surface area contributed by atoms with E-state index >= 15 is 0 Å². The van der Waals surface area contributed by atoms with E-state index in [1.807, 2.05) is 6.92 Å². The fraction of sp³-hybridized carbons (Fsp3) is 0.818. The number of nitrogens with zero attached hydrogens (tertiary/aromatic N) is 1. The van der Waals surface area contributed by atoms with Gasteiger partial charge >= 0.3 is 12.0 Å². The molecule has 6 nitrogen and oxygen atoms in total. The number of aliphatic hydroxyl groups is 1. The van der Waals surface area contributed by atoms with Gasteiger partial charge in [-0.15, -0.1) is 0 Å². The van der Waals surface area contributed by atoms with E-state index in [1.54, 1.807) is 13.8 Å². The Labute approximate surface area is 102 Å². The molecule has 100 valence electrons. The summed E-state index contributed by atoms with van der Waals surface area (Å²) in [5.41, 5.74) is 0. The van der Waals surface area contributed by atoms with E-state index in [-0.39, 0.29) is 19.1 Å². The lowest BCUT2D eigenvalue weighted by Crippen LogP contribution is -2.51. The van der Waals surface area contributed by atoms with Crippen molar-refractivity contribution < 1.29 is 19.8 Å². The number of amides is 2. The van der Waals surface area contributed by atoms with Crippen molar-refractivity contribution in [1.82, 2.24) is 10.2 Å². The van der Waals surface area contributed by atoms with Crippen LogP contribution in [0.3, 0.4) is 0 Å². The number of urea groups is 1.